The molecule has 0 aliphatic heterocycles. The van der Waals surface area contributed by atoms with Crippen molar-refractivity contribution in [2.75, 3.05) is 25.6 Å². The average molecular weight is 399 g/mol. The van der Waals surface area contributed by atoms with Crippen LogP contribution in [0.1, 0.15) is 17.3 Å². The Kier molecular flexibility index (Phi) is 7.06. The molecule has 138 valence electrons. The van der Waals surface area contributed by atoms with Crippen LogP contribution in [-0.4, -0.2) is 37.2 Å². The van der Waals surface area contributed by atoms with Gasteiger partial charge in [-0.05, 0) is 31.2 Å². The predicted molar refractivity (Wildman–Crippen MR) is 97.3 cm³/mol. The first kappa shape index (κ1) is 19.8. The Morgan fingerprint density at radius 1 is 1.27 bits per heavy atom. The quantitative estimate of drug-likeness (QED) is 0.566. The molecule has 26 heavy (non-hydrogen) atoms. The highest BCUT2D eigenvalue weighted by Crippen LogP contribution is 2.36. The highest BCUT2D eigenvalue weighted by molar-refractivity contribution is 6.33. The van der Waals surface area contributed by atoms with Crippen LogP contribution in [0.4, 0.5) is 5.69 Å². The number of amides is 1. The van der Waals surface area contributed by atoms with Crippen LogP contribution in [0.5, 0.6) is 11.5 Å². The Morgan fingerprint density at radius 2 is 2.04 bits per heavy atom. The van der Waals surface area contributed by atoms with E-state index in [0.29, 0.717) is 18.0 Å². The summed E-state index contributed by atoms with van der Waals surface area (Å²) in [6, 6.07) is 6.00. The number of carbonyl (C=O) groups excluding carboxylic acids is 2. The van der Waals surface area contributed by atoms with Gasteiger partial charge in [0.2, 0.25) is 0 Å². The lowest BCUT2D eigenvalue weighted by Gasteiger charge is -2.13. The molecule has 0 radical (unpaired) electrons. The van der Waals surface area contributed by atoms with E-state index in [0.717, 1.165) is 0 Å². The van der Waals surface area contributed by atoms with Gasteiger partial charge in [0.15, 0.2) is 23.3 Å². The highest BCUT2D eigenvalue weighted by atomic mass is 35.5. The molecule has 0 spiro atoms. The maximum absolute atomic E-state index is 12.2. The van der Waals surface area contributed by atoms with Crippen molar-refractivity contribution in [3.8, 4) is 11.5 Å². The van der Waals surface area contributed by atoms with Crippen LogP contribution in [0.2, 0.25) is 10.2 Å². The van der Waals surface area contributed by atoms with E-state index in [4.69, 9.17) is 37.4 Å². The van der Waals surface area contributed by atoms with Crippen LogP contribution in [-0.2, 0) is 9.53 Å². The third-order valence-corrected chi connectivity index (χ3v) is 3.70. The third-order valence-electron chi connectivity index (χ3n) is 3.12. The summed E-state index contributed by atoms with van der Waals surface area (Å²) in [7, 11) is 1.42. The molecule has 0 bridgehead atoms. The smallest absolute Gasteiger partial charge is 0.338 e. The Labute approximate surface area is 160 Å². The number of methoxy groups -OCH3 is 1. The Bertz CT molecular complexity index is 814. The number of halogens is 2. The lowest BCUT2D eigenvalue weighted by molar-refractivity contribution is -0.119. The van der Waals surface area contributed by atoms with Crippen molar-refractivity contribution in [1.29, 1.82) is 0 Å². The molecule has 0 saturated heterocycles. The standard InChI is InChI=1S/C17H16Cl2N2O5/c1-3-25-15-11(18)7-10(8-13(15)24-2)17(23)26-9-14(22)21-12-5-4-6-20-16(12)19/h4-8H,3,9H2,1-2H3,(H,21,22). The molecular weight excluding hydrogens is 383 g/mol. The largest absolute Gasteiger partial charge is 0.493 e. The summed E-state index contributed by atoms with van der Waals surface area (Å²) in [5, 5.41) is 2.83. The summed E-state index contributed by atoms with van der Waals surface area (Å²) in [5.41, 5.74) is 0.448. The number of pyridine rings is 1. The van der Waals surface area contributed by atoms with Crippen LogP contribution in [0.25, 0.3) is 0 Å². The molecule has 0 fully saturated rings. The van der Waals surface area contributed by atoms with E-state index >= 15 is 0 Å². The van der Waals surface area contributed by atoms with Crippen molar-refractivity contribution in [1.82, 2.24) is 4.98 Å². The van der Waals surface area contributed by atoms with Crippen LogP contribution in [0.15, 0.2) is 30.5 Å². The SMILES string of the molecule is CCOc1c(Cl)cc(C(=O)OCC(=O)Nc2cccnc2Cl)cc1OC. The van der Waals surface area contributed by atoms with Gasteiger partial charge in [-0.3, -0.25) is 4.79 Å². The highest BCUT2D eigenvalue weighted by Gasteiger charge is 2.18. The summed E-state index contributed by atoms with van der Waals surface area (Å²) in [6.07, 6.45) is 1.49. The number of hydrogen-bond donors (Lipinski definition) is 1. The second-order valence-electron chi connectivity index (χ2n) is 4.89. The number of nitrogens with zero attached hydrogens (tertiary/aromatic N) is 1. The Hall–Kier alpha value is -2.51. The number of esters is 1. The maximum Gasteiger partial charge on any atom is 0.338 e. The number of benzene rings is 1. The summed E-state index contributed by atoms with van der Waals surface area (Å²) >= 11 is 12.0. The lowest BCUT2D eigenvalue weighted by atomic mass is 10.2. The van der Waals surface area contributed by atoms with Crippen molar-refractivity contribution in [3.05, 3.63) is 46.2 Å². The molecule has 2 aromatic rings. The first-order chi connectivity index (χ1) is 12.5. The fourth-order valence-corrected chi connectivity index (χ4v) is 2.43. The van der Waals surface area contributed by atoms with Crippen LogP contribution >= 0.6 is 23.2 Å². The summed E-state index contributed by atoms with van der Waals surface area (Å²) in [6.45, 7) is 1.68. The molecule has 1 heterocycles. The molecule has 0 aliphatic rings. The van der Waals surface area contributed by atoms with Gasteiger partial charge in [0, 0.05) is 6.20 Å². The fourth-order valence-electron chi connectivity index (χ4n) is 2.00. The van der Waals surface area contributed by atoms with E-state index in [2.05, 4.69) is 10.3 Å². The van der Waals surface area contributed by atoms with Crippen molar-refractivity contribution in [2.24, 2.45) is 0 Å². The molecule has 1 N–H and O–H groups in total. The molecule has 1 aromatic carbocycles. The van der Waals surface area contributed by atoms with Crippen molar-refractivity contribution in [2.45, 2.75) is 6.92 Å². The van der Waals surface area contributed by atoms with E-state index in [9.17, 15) is 9.59 Å². The van der Waals surface area contributed by atoms with E-state index in [-0.39, 0.29) is 21.5 Å². The molecular formula is C17H16Cl2N2O5. The van der Waals surface area contributed by atoms with Gasteiger partial charge in [0.05, 0.1) is 30.0 Å². The zero-order valence-corrected chi connectivity index (χ0v) is 15.6. The van der Waals surface area contributed by atoms with Gasteiger partial charge < -0.3 is 19.5 Å². The molecule has 0 atom stereocenters. The van der Waals surface area contributed by atoms with Crippen molar-refractivity contribution in [3.63, 3.8) is 0 Å². The van der Waals surface area contributed by atoms with Gasteiger partial charge in [-0.25, -0.2) is 9.78 Å². The van der Waals surface area contributed by atoms with Gasteiger partial charge in [0.25, 0.3) is 5.91 Å². The zero-order valence-electron chi connectivity index (χ0n) is 14.0. The molecule has 0 unspecified atom stereocenters. The van der Waals surface area contributed by atoms with Crippen LogP contribution in [0, 0.1) is 0 Å². The fraction of sp³-hybridized carbons (Fsp3) is 0.235. The normalized spacial score (nSPS) is 10.2. The first-order valence-electron chi connectivity index (χ1n) is 7.54. The monoisotopic (exact) mass is 398 g/mol. The van der Waals surface area contributed by atoms with Gasteiger partial charge in [0.1, 0.15) is 0 Å². The Morgan fingerprint density at radius 3 is 2.69 bits per heavy atom. The zero-order chi connectivity index (χ0) is 19.1. The topological polar surface area (TPSA) is 86.8 Å². The molecule has 9 heteroatoms. The molecule has 2 rings (SSSR count). The number of nitrogens with one attached hydrogen (secondary N) is 1. The van der Waals surface area contributed by atoms with E-state index in [1.165, 1.54) is 25.4 Å². The lowest BCUT2D eigenvalue weighted by Crippen LogP contribution is -2.21. The molecule has 1 amide bonds. The summed E-state index contributed by atoms with van der Waals surface area (Å²) < 4.78 is 15.5. The molecule has 1 aromatic heterocycles. The maximum atomic E-state index is 12.2. The average Bonchev–Trinajstić information content (AvgIpc) is 2.63. The first-order valence-corrected chi connectivity index (χ1v) is 8.29. The number of hydrogen-bond acceptors (Lipinski definition) is 6. The second kappa shape index (κ2) is 9.26. The van der Waals surface area contributed by atoms with E-state index in [1.54, 1.807) is 19.1 Å². The van der Waals surface area contributed by atoms with Crippen LogP contribution in [0.3, 0.4) is 0 Å². The minimum Gasteiger partial charge on any atom is -0.493 e. The van der Waals surface area contributed by atoms with E-state index < -0.39 is 18.5 Å². The minimum atomic E-state index is -0.735. The van der Waals surface area contributed by atoms with E-state index in [1.807, 2.05) is 0 Å². The minimum absolute atomic E-state index is 0.127. The van der Waals surface area contributed by atoms with Gasteiger partial charge in [-0.2, -0.15) is 0 Å². The molecule has 0 aliphatic carbocycles. The predicted octanol–water partition coefficient (Wildman–Crippen LogP) is 3.59. The van der Waals surface area contributed by atoms with Gasteiger partial charge in [-0.15, -0.1) is 0 Å². The Balaban J connectivity index is 2.02. The van der Waals surface area contributed by atoms with Crippen molar-refractivity contribution < 1.29 is 23.8 Å². The summed E-state index contributed by atoms with van der Waals surface area (Å²) in [4.78, 5) is 27.9. The number of ether oxygens (including phenoxy) is 3. The number of carbonyl (C=O) groups is 2. The third kappa shape index (κ3) is 5.00. The van der Waals surface area contributed by atoms with Crippen molar-refractivity contribution >= 4 is 40.8 Å². The molecule has 0 saturated carbocycles. The van der Waals surface area contributed by atoms with Gasteiger partial charge in [-0.1, -0.05) is 23.2 Å². The number of anilines is 1. The summed E-state index contributed by atoms with van der Waals surface area (Å²) in [5.74, 6) is -0.673. The number of aromatic nitrogens is 1. The number of rotatable bonds is 7. The van der Waals surface area contributed by atoms with Gasteiger partial charge >= 0.3 is 5.97 Å². The second-order valence-corrected chi connectivity index (χ2v) is 5.65. The van der Waals surface area contributed by atoms with Crippen LogP contribution < -0.4 is 14.8 Å². The molecule has 7 nitrogen and oxygen atoms in total.